The van der Waals surface area contributed by atoms with Crippen molar-refractivity contribution in [1.82, 2.24) is 19.9 Å². The first-order valence-corrected chi connectivity index (χ1v) is 11.6. The molecular weight excluding hydrogens is 475 g/mol. The Morgan fingerprint density at radius 2 is 2.00 bits per heavy atom. The molecule has 2 aromatic carbocycles. The van der Waals surface area contributed by atoms with Crippen molar-refractivity contribution < 1.29 is 9.53 Å². The van der Waals surface area contributed by atoms with E-state index in [0.29, 0.717) is 21.7 Å². The van der Waals surface area contributed by atoms with E-state index < -0.39 is 0 Å². The molecule has 1 amide bonds. The topological polar surface area (TPSA) is 86.4 Å². The lowest BCUT2D eigenvalue weighted by atomic mass is 10.0. The van der Waals surface area contributed by atoms with Gasteiger partial charge in [-0.25, -0.2) is 4.98 Å². The number of nitrogens with one attached hydrogen (secondary N) is 2. The first-order chi connectivity index (χ1) is 16.5. The number of carbonyl (C=O) groups excluding carboxylic acids is 1. The van der Waals surface area contributed by atoms with E-state index in [1.54, 1.807) is 18.2 Å². The molecule has 0 saturated heterocycles. The second-order valence-corrected chi connectivity index (χ2v) is 9.26. The van der Waals surface area contributed by atoms with Crippen molar-refractivity contribution in [2.75, 3.05) is 30.5 Å². The number of benzene rings is 2. The van der Waals surface area contributed by atoms with E-state index in [-0.39, 0.29) is 24.1 Å². The van der Waals surface area contributed by atoms with E-state index in [0.717, 1.165) is 30.7 Å². The molecule has 0 bridgehead atoms. The zero-order valence-electron chi connectivity index (χ0n) is 18.2. The fourth-order valence-electron chi connectivity index (χ4n) is 4.52. The summed E-state index contributed by atoms with van der Waals surface area (Å²) in [6.07, 6.45) is 2.49. The number of nitrogens with zero attached hydrogens (tertiary/aromatic N) is 4. The molecule has 4 aromatic rings. The van der Waals surface area contributed by atoms with E-state index in [1.807, 2.05) is 12.1 Å². The van der Waals surface area contributed by atoms with Crippen molar-refractivity contribution in [3.05, 3.63) is 69.5 Å². The molecule has 2 N–H and O–H groups in total. The molecule has 0 aliphatic carbocycles. The van der Waals surface area contributed by atoms with Gasteiger partial charge in [0.15, 0.2) is 6.73 Å². The lowest BCUT2D eigenvalue weighted by molar-refractivity contribution is 0.0932. The predicted octanol–water partition coefficient (Wildman–Crippen LogP) is 4.99. The number of fused-ring (bicyclic) bond motifs is 4. The maximum absolute atomic E-state index is 13.1. The normalized spacial score (nSPS) is 15.7. The molecule has 34 heavy (non-hydrogen) atoms. The number of aromatic nitrogens is 3. The molecule has 2 aliphatic heterocycles. The molecular formula is C24H20Cl2N6O2. The number of rotatable bonds is 3. The molecule has 4 heterocycles. The van der Waals surface area contributed by atoms with Crippen LogP contribution in [0.3, 0.4) is 0 Å². The van der Waals surface area contributed by atoms with Gasteiger partial charge >= 0.3 is 0 Å². The first-order valence-electron chi connectivity index (χ1n) is 10.8. The summed E-state index contributed by atoms with van der Waals surface area (Å²) in [7, 11) is 2.13. The Hall–Kier alpha value is -3.33. The van der Waals surface area contributed by atoms with Crippen LogP contribution in [0, 0.1) is 0 Å². The second kappa shape index (κ2) is 8.16. The molecule has 0 saturated carbocycles. The van der Waals surface area contributed by atoms with Crippen molar-refractivity contribution >= 4 is 57.3 Å². The van der Waals surface area contributed by atoms with Crippen LogP contribution in [0.25, 0.3) is 10.9 Å². The quantitative estimate of drug-likeness (QED) is 0.417. The van der Waals surface area contributed by atoms with Gasteiger partial charge < -0.3 is 19.9 Å². The number of aromatic amines is 1. The van der Waals surface area contributed by atoms with Crippen LogP contribution in [0.2, 0.25) is 10.0 Å². The van der Waals surface area contributed by atoms with Gasteiger partial charge in [0.2, 0.25) is 11.8 Å². The zero-order valence-corrected chi connectivity index (χ0v) is 19.7. The number of halogens is 2. The number of carbonyl (C=O) groups is 1. The van der Waals surface area contributed by atoms with Gasteiger partial charge in [0, 0.05) is 41.6 Å². The van der Waals surface area contributed by atoms with Gasteiger partial charge in [-0.05, 0) is 43.3 Å². The van der Waals surface area contributed by atoms with E-state index in [9.17, 15) is 4.79 Å². The highest BCUT2D eigenvalue weighted by atomic mass is 35.5. The summed E-state index contributed by atoms with van der Waals surface area (Å²) in [6, 6.07) is 11.2. The van der Waals surface area contributed by atoms with Gasteiger partial charge in [0.25, 0.3) is 5.91 Å². The van der Waals surface area contributed by atoms with Crippen molar-refractivity contribution in [3.8, 4) is 5.88 Å². The van der Waals surface area contributed by atoms with Crippen LogP contribution in [-0.4, -0.2) is 46.1 Å². The lowest BCUT2D eigenvalue weighted by Gasteiger charge is -2.29. The number of H-pyrrole nitrogens is 1. The number of hydrogen-bond acceptors (Lipinski definition) is 6. The maximum atomic E-state index is 13.1. The largest absolute Gasteiger partial charge is 0.455 e. The van der Waals surface area contributed by atoms with Crippen LogP contribution in [0.15, 0.2) is 42.6 Å². The fraction of sp³-hybridized carbons (Fsp3) is 0.208. The number of amides is 1. The minimum absolute atomic E-state index is 0.0554. The minimum Gasteiger partial charge on any atom is -0.455 e. The average molecular weight is 495 g/mol. The molecule has 0 unspecified atom stereocenters. The molecule has 172 valence electrons. The molecule has 0 atom stereocenters. The third-order valence-electron chi connectivity index (χ3n) is 6.19. The summed E-state index contributed by atoms with van der Waals surface area (Å²) in [5, 5.41) is 5.18. The first kappa shape index (κ1) is 21.2. The predicted molar refractivity (Wildman–Crippen MR) is 132 cm³/mol. The van der Waals surface area contributed by atoms with Crippen LogP contribution < -0.4 is 15.0 Å². The molecule has 0 fully saturated rings. The van der Waals surface area contributed by atoms with Gasteiger partial charge in [-0.2, -0.15) is 4.98 Å². The van der Waals surface area contributed by atoms with Gasteiger partial charge in [0.1, 0.15) is 5.56 Å². The summed E-state index contributed by atoms with van der Waals surface area (Å²) in [6.45, 7) is 1.92. The Kier molecular flexibility index (Phi) is 5.09. The molecule has 0 radical (unpaired) electrons. The second-order valence-electron chi connectivity index (χ2n) is 8.44. The standard InChI is InChI=1S/C24H20Cl2N6O2/c1-31-8-7-15-14-6-5-13(9-19(14)29-20(15)11-31)28-24-27-10-16-22(30-24)34-12-32(23(16)33)21-17(25)3-2-4-18(21)26/h2-6,9-10,29H,7-8,11-12H2,1H3,(H,27,28,30). The Morgan fingerprint density at radius 1 is 1.18 bits per heavy atom. The number of ether oxygens (including phenoxy) is 1. The fourth-order valence-corrected chi connectivity index (χ4v) is 5.12. The molecule has 6 rings (SSSR count). The van der Waals surface area contributed by atoms with E-state index in [2.05, 4.69) is 38.3 Å². The monoisotopic (exact) mass is 494 g/mol. The SMILES string of the molecule is CN1CCc2c([nH]c3cc(Nc4ncc5c(n4)OCN(c4c(Cl)cccc4Cl)C5=O)ccc23)C1. The molecule has 2 aliphatic rings. The van der Waals surface area contributed by atoms with Crippen LogP contribution in [0.4, 0.5) is 17.3 Å². The highest BCUT2D eigenvalue weighted by Crippen LogP contribution is 2.37. The van der Waals surface area contributed by atoms with Gasteiger partial charge in [-0.3, -0.25) is 9.69 Å². The smallest absolute Gasteiger partial charge is 0.268 e. The summed E-state index contributed by atoms with van der Waals surface area (Å²) in [5.74, 6) is 0.221. The van der Waals surface area contributed by atoms with Crippen molar-refractivity contribution in [2.24, 2.45) is 0 Å². The zero-order chi connectivity index (χ0) is 23.4. The summed E-state index contributed by atoms with van der Waals surface area (Å²) >= 11 is 12.5. The highest BCUT2D eigenvalue weighted by Gasteiger charge is 2.31. The number of likely N-dealkylation sites (N-methyl/N-ethyl adjacent to an activating group) is 1. The van der Waals surface area contributed by atoms with E-state index in [4.69, 9.17) is 27.9 Å². The van der Waals surface area contributed by atoms with Gasteiger partial charge in [-0.1, -0.05) is 35.3 Å². The number of hydrogen-bond donors (Lipinski definition) is 2. The van der Waals surface area contributed by atoms with E-state index in [1.165, 1.54) is 27.7 Å². The Balaban J connectivity index is 1.26. The van der Waals surface area contributed by atoms with Gasteiger partial charge in [-0.15, -0.1) is 0 Å². The third-order valence-corrected chi connectivity index (χ3v) is 6.80. The van der Waals surface area contributed by atoms with Crippen LogP contribution in [0.1, 0.15) is 21.6 Å². The van der Waals surface area contributed by atoms with Crippen LogP contribution in [-0.2, 0) is 13.0 Å². The van der Waals surface area contributed by atoms with Crippen LogP contribution in [0.5, 0.6) is 5.88 Å². The summed E-state index contributed by atoms with van der Waals surface area (Å²) < 4.78 is 5.77. The number of anilines is 3. The molecule has 8 nitrogen and oxygen atoms in total. The third kappa shape index (κ3) is 3.55. The number of para-hydroxylation sites is 1. The van der Waals surface area contributed by atoms with Crippen molar-refractivity contribution in [2.45, 2.75) is 13.0 Å². The minimum atomic E-state index is -0.328. The maximum Gasteiger partial charge on any atom is 0.268 e. The van der Waals surface area contributed by atoms with Gasteiger partial charge in [0.05, 0.1) is 15.7 Å². The van der Waals surface area contributed by atoms with Crippen molar-refractivity contribution in [1.29, 1.82) is 0 Å². The van der Waals surface area contributed by atoms with Crippen molar-refractivity contribution in [3.63, 3.8) is 0 Å². The molecule has 0 spiro atoms. The van der Waals surface area contributed by atoms with E-state index >= 15 is 0 Å². The Morgan fingerprint density at radius 3 is 2.82 bits per heavy atom. The Labute approximate surface area is 205 Å². The summed E-state index contributed by atoms with van der Waals surface area (Å²) in [4.78, 5) is 29.0. The highest BCUT2D eigenvalue weighted by molar-refractivity contribution is 6.40. The molecule has 2 aromatic heterocycles. The Bertz CT molecular complexity index is 1430. The summed E-state index contributed by atoms with van der Waals surface area (Å²) in [5.41, 5.74) is 5.20. The van der Waals surface area contributed by atoms with Crippen LogP contribution >= 0.6 is 23.2 Å². The average Bonchev–Trinajstić information content (AvgIpc) is 3.17. The molecule has 10 heteroatoms. The lowest BCUT2D eigenvalue weighted by Crippen LogP contribution is -2.39.